The molecule has 0 aliphatic carbocycles. The molecule has 1 aromatic heterocycles. The topological polar surface area (TPSA) is 79.2 Å². The summed E-state index contributed by atoms with van der Waals surface area (Å²) in [7, 11) is 0. The molecular weight excluding hydrogens is 330 g/mol. The Kier molecular flexibility index (Phi) is 3.28. The normalized spacial score (nSPS) is 20.2. The van der Waals surface area contributed by atoms with Crippen LogP contribution >= 0.6 is 11.6 Å². The fourth-order valence-electron chi connectivity index (χ4n) is 3.17. The van der Waals surface area contributed by atoms with Crippen LogP contribution in [0, 0.1) is 10.1 Å². The predicted molar refractivity (Wildman–Crippen MR) is 91.3 cm³/mol. The van der Waals surface area contributed by atoms with Crippen LogP contribution in [0.3, 0.4) is 0 Å². The summed E-state index contributed by atoms with van der Waals surface area (Å²) in [6, 6.07) is 13.3. The van der Waals surface area contributed by atoms with Gasteiger partial charge in [-0.3, -0.25) is 14.9 Å². The first-order valence-corrected chi connectivity index (χ1v) is 7.79. The number of hydrogen-bond donors (Lipinski definition) is 1. The zero-order valence-electron chi connectivity index (χ0n) is 12.3. The maximum absolute atomic E-state index is 12.4. The molecule has 0 saturated carbocycles. The number of carbonyl (C=O) groups is 1. The van der Waals surface area contributed by atoms with E-state index in [-0.39, 0.29) is 11.5 Å². The second-order valence-corrected chi connectivity index (χ2v) is 6.00. The lowest BCUT2D eigenvalue weighted by Crippen LogP contribution is -2.56. The number of nitro benzene ring substituents is 1. The first-order valence-electron chi connectivity index (χ1n) is 7.35. The van der Waals surface area contributed by atoms with E-state index in [2.05, 4.69) is 4.98 Å². The van der Waals surface area contributed by atoms with Gasteiger partial charge in [0.25, 0.3) is 5.69 Å². The van der Waals surface area contributed by atoms with Crippen molar-refractivity contribution in [3.05, 3.63) is 70.4 Å². The van der Waals surface area contributed by atoms with E-state index in [4.69, 9.17) is 11.6 Å². The molecule has 1 aliphatic heterocycles. The Morgan fingerprint density at radius 3 is 2.62 bits per heavy atom. The summed E-state index contributed by atoms with van der Waals surface area (Å²) < 4.78 is 0. The van der Waals surface area contributed by atoms with Crippen LogP contribution in [0.5, 0.6) is 0 Å². The third-order valence-corrected chi connectivity index (χ3v) is 4.72. The van der Waals surface area contributed by atoms with Crippen molar-refractivity contribution in [3.63, 3.8) is 0 Å². The molecule has 0 radical (unpaired) electrons. The van der Waals surface area contributed by atoms with Gasteiger partial charge in [-0.05, 0) is 12.1 Å². The fraction of sp³-hybridized carbons (Fsp3) is 0.118. The molecule has 1 aliphatic rings. The van der Waals surface area contributed by atoms with Gasteiger partial charge in [-0.1, -0.05) is 41.9 Å². The minimum absolute atomic E-state index is 0.0690. The number of nitrogens with zero attached hydrogens (tertiary/aromatic N) is 2. The van der Waals surface area contributed by atoms with E-state index in [9.17, 15) is 14.9 Å². The highest BCUT2D eigenvalue weighted by molar-refractivity contribution is 6.37. The van der Waals surface area contributed by atoms with Crippen LogP contribution < -0.4 is 4.90 Å². The number of Topliss-reactive ketones (excluding diaryl/α,β-unsaturated/α-hetero) is 1. The van der Waals surface area contributed by atoms with Gasteiger partial charge in [0.2, 0.25) is 0 Å². The van der Waals surface area contributed by atoms with Crippen molar-refractivity contribution in [2.45, 2.75) is 11.5 Å². The second kappa shape index (κ2) is 5.35. The van der Waals surface area contributed by atoms with Gasteiger partial charge in [0.15, 0.2) is 11.3 Å². The molecule has 6 nitrogen and oxygen atoms in total. The molecule has 4 rings (SSSR count). The summed E-state index contributed by atoms with van der Waals surface area (Å²) in [4.78, 5) is 28.0. The minimum Gasteiger partial charge on any atom is -0.361 e. The van der Waals surface area contributed by atoms with Gasteiger partial charge >= 0.3 is 0 Å². The number of halogens is 1. The van der Waals surface area contributed by atoms with E-state index in [1.54, 1.807) is 29.3 Å². The molecule has 2 heterocycles. The molecule has 2 aromatic carbocycles. The van der Waals surface area contributed by atoms with Crippen molar-refractivity contribution in [2.75, 3.05) is 4.90 Å². The molecule has 1 fully saturated rings. The average molecular weight is 342 g/mol. The molecule has 120 valence electrons. The Labute approximate surface area is 141 Å². The van der Waals surface area contributed by atoms with E-state index < -0.39 is 16.5 Å². The number of ketones is 1. The van der Waals surface area contributed by atoms with E-state index in [1.807, 2.05) is 24.3 Å². The van der Waals surface area contributed by atoms with Gasteiger partial charge < -0.3 is 9.88 Å². The number of H-pyrrole nitrogens is 1. The SMILES string of the molecule is O=C1[C@@H](Cl)N(c2ccccc2[N+](=O)[O-])[C@@H]1c1c[nH]c2ccccc12. The number of aromatic amines is 1. The molecule has 7 heteroatoms. The quantitative estimate of drug-likeness (QED) is 0.340. The highest BCUT2D eigenvalue weighted by atomic mass is 35.5. The number of para-hydroxylation sites is 3. The van der Waals surface area contributed by atoms with Crippen LogP contribution in [0.15, 0.2) is 54.7 Å². The predicted octanol–water partition coefficient (Wildman–Crippen LogP) is 3.77. The molecule has 0 unspecified atom stereocenters. The zero-order chi connectivity index (χ0) is 16.8. The highest BCUT2D eigenvalue weighted by Gasteiger charge is 2.50. The number of benzene rings is 2. The molecule has 3 aromatic rings. The first-order chi connectivity index (χ1) is 11.6. The Morgan fingerprint density at radius 1 is 1.12 bits per heavy atom. The van der Waals surface area contributed by atoms with E-state index in [1.165, 1.54) is 6.07 Å². The average Bonchev–Trinajstić information content (AvgIpc) is 3.02. The lowest BCUT2D eigenvalue weighted by molar-refractivity contribution is -0.384. The molecule has 0 bridgehead atoms. The van der Waals surface area contributed by atoms with Gasteiger partial charge in [0.05, 0.1) is 4.92 Å². The van der Waals surface area contributed by atoms with Crippen molar-refractivity contribution in [1.29, 1.82) is 0 Å². The third-order valence-electron chi connectivity index (χ3n) is 4.30. The van der Waals surface area contributed by atoms with Gasteiger partial charge in [0.1, 0.15) is 11.7 Å². The summed E-state index contributed by atoms with van der Waals surface area (Å²) in [6.45, 7) is 0. The van der Waals surface area contributed by atoms with Crippen molar-refractivity contribution in [1.82, 2.24) is 4.98 Å². The van der Waals surface area contributed by atoms with E-state index in [0.29, 0.717) is 5.69 Å². The first kappa shape index (κ1) is 14.7. The number of carbonyl (C=O) groups excluding carboxylic acids is 1. The molecule has 24 heavy (non-hydrogen) atoms. The Balaban J connectivity index is 1.84. The standard InChI is InChI=1S/C17H12ClN3O3/c18-17-16(22)15(11-9-19-12-6-2-1-5-10(11)12)20(17)13-7-3-4-8-14(13)21(23)24/h1-9,15,17,19H/t15-,17+/m1/s1. The van der Waals surface area contributed by atoms with Gasteiger partial charge in [-0.25, -0.2) is 0 Å². The Hall–Kier alpha value is -2.86. The third kappa shape index (κ3) is 2.00. The number of rotatable bonds is 3. The summed E-state index contributed by atoms with van der Waals surface area (Å²) in [5.41, 5.74) is 1.04. The van der Waals surface area contributed by atoms with Crippen molar-refractivity contribution in [3.8, 4) is 0 Å². The van der Waals surface area contributed by atoms with Gasteiger partial charge in [0, 0.05) is 28.7 Å². The number of nitrogens with one attached hydrogen (secondary N) is 1. The molecular formula is C17H12ClN3O3. The number of fused-ring (bicyclic) bond motifs is 1. The minimum atomic E-state index is -0.912. The Bertz CT molecular complexity index is 968. The summed E-state index contributed by atoms with van der Waals surface area (Å²) >= 11 is 6.18. The molecule has 0 spiro atoms. The largest absolute Gasteiger partial charge is 0.361 e. The fourth-order valence-corrected chi connectivity index (χ4v) is 3.51. The van der Waals surface area contributed by atoms with E-state index in [0.717, 1.165) is 16.5 Å². The molecule has 0 amide bonds. The lowest BCUT2D eigenvalue weighted by atomic mass is 9.91. The van der Waals surface area contributed by atoms with Crippen molar-refractivity contribution >= 4 is 39.7 Å². The number of hydrogen-bond acceptors (Lipinski definition) is 4. The summed E-state index contributed by atoms with van der Waals surface area (Å²) in [5.74, 6) is -0.167. The van der Waals surface area contributed by atoms with Crippen LogP contribution in [0.25, 0.3) is 10.9 Å². The zero-order valence-corrected chi connectivity index (χ0v) is 13.1. The number of anilines is 1. The van der Waals surface area contributed by atoms with E-state index >= 15 is 0 Å². The highest BCUT2D eigenvalue weighted by Crippen LogP contribution is 2.46. The molecule has 1 saturated heterocycles. The van der Waals surface area contributed by atoms with Crippen LogP contribution in [0.2, 0.25) is 0 Å². The Morgan fingerprint density at radius 2 is 1.83 bits per heavy atom. The number of alkyl halides is 1. The summed E-state index contributed by atoms with van der Waals surface area (Å²) in [5, 5.41) is 12.2. The number of nitro groups is 1. The molecule has 2 atom stereocenters. The van der Waals surface area contributed by atoms with Crippen LogP contribution in [0.1, 0.15) is 11.6 Å². The second-order valence-electron chi connectivity index (χ2n) is 5.58. The summed E-state index contributed by atoms with van der Waals surface area (Å²) in [6.07, 6.45) is 1.76. The van der Waals surface area contributed by atoms with Gasteiger partial charge in [-0.2, -0.15) is 0 Å². The van der Waals surface area contributed by atoms with Crippen LogP contribution in [0.4, 0.5) is 11.4 Å². The van der Waals surface area contributed by atoms with Crippen LogP contribution in [-0.4, -0.2) is 21.2 Å². The maximum atomic E-state index is 12.4. The lowest BCUT2D eigenvalue weighted by Gasteiger charge is -2.44. The van der Waals surface area contributed by atoms with Crippen molar-refractivity contribution in [2.24, 2.45) is 0 Å². The monoisotopic (exact) mass is 341 g/mol. The number of aromatic nitrogens is 1. The van der Waals surface area contributed by atoms with Crippen molar-refractivity contribution < 1.29 is 9.72 Å². The maximum Gasteiger partial charge on any atom is 0.292 e. The smallest absolute Gasteiger partial charge is 0.292 e. The van der Waals surface area contributed by atoms with Gasteiger partial charge in [-0.15, -0.1) is 0 Å². The van der Waals surface area contributed by atoms with Crippen LogP contribution in [-0.2, 0) is 4.79 Å². The molecule has 1 N–H and O–H groups in total.